The van der Waals surface area contributed by atoms with Crippen LogP contribution >= 0.6 is 0 Å². The molecule has 4 heteroatoms. The van der Waals surface area contributed by atoms with Crippen molar-refractivity contribution >= 4 is 11.9 Å². The second kappa shape index (κ2) is 5.98. The van der Waals surface area contributed by atoms with Crippen molar-refractivity contribution in [2.75, 3.05) is 13.6 Å². The van der Waals surface area contributed by atoms with Gasteiger partial charge in [-0.3, -0.25) is 9.59 Å². The molecule has 0 spiro atoms. The lowest BCUT2D eigenvalue weighted by Gasteiger charge is -2.32. The van der Waals surface area contributed by atoms with Crippen molar-refractivity contribution < 1.29 is 14.7 Å². The summed E-state index contributed by atoms with van der Waals surface area (Å²) in [6.45, 7) is 0.883. The smallest absolute Gasteiger partial charge is 0.306 e. The number of aliphatic carboxylic acids is 1. The highest BCUT2D eigenvalue weighted by atomic mass is 16.4. The van der Waals surface area contributed by atoms with Gasteiger partial charge in [0.15, 0.2) is 0 Å². The zero-order chi connectivity index (χ0) is 15.0. The van der Waals surface area contributed by atoms with Gasteiger partial charge >= 0.3 is 5.97 Å². The summed E-state index contributed by atoms with van der Waals surface area (Å²) in [5, 5.41) is 9.15. The molecule has 0 heterocycles. The summed E-state index contributed by atoms with van der Waals surface area (Å²) in [5.74, 6) is 1.51. The average molecular weight is 293 g/mol. The number of carbonyl (C=O) groups is 2. The van der Waals surface area contributed by atoms with Crippen LogP contribution in [0.25, 0.3) is 0 Å². The fourth-order valence-corrected chi connectivity index (χ4v) is 4.99. The number of amides is 1. The van der Waals surface area contributed by atoms with Crippen LogP contribution < -0.4 is 0 Å². The van der Waals surface area contributed by atoms with Gasteiger partial charge in [0.05, 0.1) is 5.92 Å². The predicted octanol–water partition coefficient (Wildman–Crippen LogP) is 2.77. The van der Waals surface area contributed by atoms with E-state index < -0.39 is 5.97 Å². The van der Waals surface area contributed by atoms with E-state index in [4.69, 9.17) is 5.11 Å². The van der Waals surface area contributed by atoms with Crippen molar-refractivity contribution in [2.24, 2.45) is 29.6 Å². The Morgan fingerprint density at radius 2 is 1.81 bits per heavy atom. The third-order valence-corrected chi connectivity index (χ3v) is 6.14. The van der Waals surface area contributed by atoms with Gasteiger partial charge in [-0.2, -0.15) is 0 Å². The summed E-state index contributed by atoms with van der Waals surface area (Å²) in [7, 11) is 1.92. The van der Waals surface area contributed by atoms with E-state index in [-0.39, 0.29) is 17.7 Å². The minimum absolute atomic E-state index is 0.0663. The van der Waals surface area contributed by atoms with Crippen molar-refractivity contribution in [1.82, 2.24) is 4.90 Å². The van der Waals surface area contributed by atoms with E-state index in [9.17, 15) is 9.59 Å². The van der Waals surface area contributed by atoms with Crippen LogP contribution in [-0.4, -0.2) is 35.5 Å². The Hall–Kier alpha value is -1.06. The Labute approximate surface area is 126 Å². The SMILES string of the molecule is CN(CC1CC2CCC1C2)C(=O)C1CCCC(C(=O)O)C1. The maximum Gasteiger partial charge on any atom is 0.306 e. The third kappa shape index (κ3) is 3.09. The Kier molecular flexibility index (Phi) is 4.23. The molecule has 5 unspecified atom stereocenters. The molecule has 3 aliphatic rings. The standard InChI is InChI=1S/C17H27NO3/c1-18(10-15-8-11-5-6-12(15)7-11)16(19)13-3-2-4-14(9-13)17(20)21/h11-15H,2-10H2,1H3,(H,20,21). The van der Waals surface area contributed by atoms with Gasteiger partial charge in [-0.25, -0.2) is 0 Å². The zero-order valence-corrected chi connectivity index (χ0v) is 13.0. The summed E-state index contributed by atoms with van der Waals surface area (Å²) in [4.78, 5) is 25.6. The average Bonchev–Trinajstić information content (AvgIpc) is 3.09. The molecule has 21 heavy (non-hydrogen) atoms. The Balaban J connectivity index is 1.53. The van der Waals surface area contributed by atoms with Crippen LogP contribution in [0.1, 0.15) is 51.4 Å². The molecular formula is C17H27NO3. The molecule has 5 atom stereocenters. The Morgan fingerprint density at radius 1 is 1.05 bits per heavy atom. The molecule has 0 aromatic carbocycles. The van der Waals surface area contributed by atoms with Gasteiger partial charge in [-0.15, -0.1) is 0 Å². The fraction of sp³-hybridized carbons (Fsp3) is 0.882. The van der Waals surface area contributed by atoms with Crippen molar-refractivity contribution in [3.05, 3.63) is 0 Å². The lowest BCUT2D eigenvalue weighted by Crippen LogP contribution is -2.40. The number of hydrogen-bond acceptors (Lipinski definition) is 2. The first kappa shape index (κ1) is 14.9. The number of nitrogens with zero attached hydrogens (tertiary/aromatic N) is 1. The van der Waals surface area contributed by atoms with Crippen LogP contribution in [0.3, 0.4) is 0 Å². The van der Waals surface area contributed by atoms with E-state index in [1.54, 1.807) is 0 Å². The zero-order valence-electron chi connectivity index (χ0n) is 13.0. The molecule has 3 aliphatic carbocycles. The van der Waals surface area contributed by atoms with Crippen LogP contribution in [0.5, 0.6) is 0 Å². The van der Waals surface area contributed by atoms with Crippen LogP contribution in [0.4, 0.5) is 0 Å². The van der Waals surface area contributed by atoms with Gasteiger partial charge in [0.25, 0.3) is 0 Å². The lowest BCUT2D eigenvalue weighted by molar-refractivity contribution is -0.145. The van der Waals surface area contributed by atoms with Gasteiger partial charge in [0.2, 0.25) is 5.91 Å². The summed E-state index contributed by atoms with van der Waals surface area (Å²) < 4.78 is 0. The quantitative estimate of drug-likeness (QED) is 0.867. The molecule has 2 bridgehead atoms. The van der Waals surface area contributed by atoms with Gasteiger partial charge < -0.3 is 10.0 Å². The molecule has 3 rings (SSSR count). The van der Waals surface area contributed by atoms with Gasteiger partial charge in [0, 0.05) is 19.5 Å². The van der Waals surface area contributed by atoms with Gasteiger partial charge in [0.1, 0.15) is 0 Å². The predicted molar refractivity (Wildman–Crippen MR) is 79.7 cm³/mol. The number of hydrogen-bond donors (Lipinski definition) is 1. The number of carboxylic acid groups (broad SMARTS) is 1. The van der Waals surface area contributed by atoms with Crippen molar-refractivity contribution in [1.29, 1.82) is 0 Å². The van der Waals surface area contributed by atoms with E-state index in [0.717, 1.165) is 37.6 Å². The molecule has 4 nitrogen and oxygen atoms in total. The fourth-order valence-electron chi connectivity index (χ4n) is 4.99. The van der Waals surface area contributed by atoms with Crippen molar-refractivity contribution in [3.8, 4) is 0 Å². The van der Waals surface area contributed by atoms with Crippen molar-refractivity contribution in [2.45, 2.75) is 51.4 Å². The van der Waals surface area contributed by atoms with Gasteiger partial charge in [-0.05, 0) is 56.3 Å². The largest absolute Gasteiger partial charge is 0.481 e. The molecular weight excluding hydrogens is 266 g/mol. The Morgan fingerprint density at radius 3 is 2.43 bits per heavy atom. The van der Waals surface area contributed by atoms with Crippen LogP contribution in [0, 0.1) is 29.6 Å². The van der Waals surface area contributed by atoms with Gasteiger partial charge in [-0.1, -0.05) is 12.8 Å². The van der Waals surface area contributed by atoms with E-state index in [1.165, 1.54) is 25.7 Å². The molecule has 3 saturated carbocycles. The van der Waals surface area contributed by atoms with E-state index in [1.807, 2.05) is 11.9 Å². The summed E-state index contributed by atoms with van der Waals surface area (Å²) in [6, 6.07) is 0. The maximum atomic E-state index is 12.6. The lowest BCUT2D eigenvalue weighted by atomic mass is 9.80. The molecule has 1 N–H and O–H groups in total. The molecule has 0 aromatic heterocycles. The van der Waals surface area contributed by atoms with Crippen LogP contribution in [0.15, 0.2) is 0 Å². The van der Waals surface area contributed by atoms with Crippen LogP contribution in [0.2, 0.25) is 0 Å². The highest BCUT2D eigenvalue weighted by Crippen LogP contribution is 2.48. The molecule has 0 aromatic rings. The van der Waals surface area contributed by atoms with Crippen molar-refractivity contribution in [3.63, 3.8) is 0 Å². The minimum Gasteiger partial charge on any atom is -0.481 e. The summed E-state index contributed by atoms with van der Waals surface area (Å²) >= 11 is 0. The molecule has 1 amide bonds. The maximum absolute atomic E-state index is 12.6. The minimum atomic E-state index is -0.733. The number of carboxylic acids is 1. The molecule has 0 saturated heterocycles. The molecule has 118 valence electrons. The third-order valence-electron chi connectivity index (χ3n) is 6.14. The molecule has 3 fully saturated rings. The molecule has 0 radical (unpaired) electrons. The van der Waals surface area contributed by atoms with E-state index in [2.05, 4.69) is 0 Å². The highest BCUT2D eigenvalue weighted by molar-refractivity contribution is 5.80. The Bertz CT molecular complexity index is 422. The molecule has 0 aliphatic heterocycles. The van der Waals surface area contributed by atoms with E-state index in [0.29, 0.717) is 12.3 Å². The number of rotatable bonds is 4. The second-order valence-corrected chi connectivity index (χ2v) is 7.55. The first-order chi connectivity index (χ1) is 10.0. The number of carbonyl (C=O) groups excluding carboxylic acids is 1. The summed E-state index contributed by atoms with van der Waals surface area (Å²) in [5.41, 5.74) is 0. The summed E-state index contributed by atoms with van der Waals surface area (Å²) in [6.07, 6.45) is 8.41. The topological polar surface area (TPSA) is 57.6 Å². The van der Waals surface area contributed by atoms with Crippen LogP contribution in [-0.2, 0) is 9.59 Å². The van der Waals surface area contributed by atoms with E-state index >= 15 is 0 Å². The normalized spacial score (nSPS) is 38.4. The second-order valence-electron chi connectivity index (χ2n) is 7.55. The monoisotopic (exact) mass is 293 g/mol. The first-order valence-electron chi connectivity index (χ1n) is 8.52. The first-order valence-corrected chi connectivity index (χ1v) is 8.52. The highest BCUT2D eigenvalue weighted by Gasteiger charge is 2.41. The number of fused-ring (bicyclic) bond motifs is 2.